The third-order valence-corrected chi connectivity index (χ3v) is 5.20. The summed E-state index contributed by atoms with van der Waals surface area (Å²) >= 11 is 1.20. The van der Waals surface area contributed by atoms with E-state index in [1.165, 1.54) is 36.9 Å². The molecule has 1 aliphatic heterocycles. The zero-order valence-electron chi connectivity index (χ0n) is 14.5. The summed E-state index contributed by atoms with van der Waals surface area (Å²) in [5.41, 5.74) is 5.25. The van der Waals surface area contributed by atoms with Crippen molar-refractivity contribution in [2.75, 3.05) is 30.8 Å². The summed E-state index contributed by atoms with van der Waals surface area (Å²) in [5, 5.41) is 7.05. The van der Waals surface area contributed by atoms with Crippen molar-refractivity contribution in [3.8, 4) is 0 Å². The van der Waals surface area contributed by atoms with Gasteiger partial charge in [0.1, 0.15) is 22.3 Å². The van der Waals surface area contributed by atoms with E-state index in [0.29, 0.717) is 27.7 Å². The molecule has 3 rings (SSSR count). The Kier molecular flexibility index (Phi) is 5.44. The van der Waals surface area contributed by atoms with Crippen LogP contribution in [0.1, 0.15) is 34.8 Å². The number of rotatable bonds is 7. The van der Waals surface area contributed by atoms with Crippen LogP contribution in [0, 0.1) is 6.92 Å². The molecule has 1 fully saturated rings. The second-order valence-electron chi connectivity index (χ2n) is 6.20. The molecule has 1 amide bonds. The highest BCUT2D eigenvalue weighted by atomic mass is 32.1. The number of nitrogens with zero attached hydrogens (tertiary/aromatic N) is 4. The number of carbonyl (C=O) groups is 1. The molecule has 0 radical (unpaired) electrons. The van der Waals surface area contributed by atoms with Gasteiger partial charge >= 0.3 is 0 Å². The molecule has 0 aromatic carbocycles. The first-order valence-electron chi connectivity index (χ1n) is 8.33. The lowest BCUT2D eigenvalue weighted by Gasteiger charge is -2.19. The standard InChI is InChI=1S/C16H23N7OS/c1-10-20-13(18-6-5-11-4-3-7-23(11)2)8-14(21-10)22-16-19-9-12(25-16)15(17)24/h8-9,11H,3-7H2,1-2H3,(H2,17,24)(H2,18,19,20,21,22). The zero-order valence-corrected chi connectivity index (χ0v) is 15.3. The first-order valence-corrected chi connectivity index (χ1v) is 9.15. The third-order valence-electron chi connectivity index (χ3n) is 4.28. The molecule has 1 unspecified atom stereocenters. The van der Waals surface area contributed by atoms with E-state index >= 15 is 0 Å². The van der Waals surface area contributed by atoms with Crippen LogP contribution in [-0.4, -0.2) is 51.9 Å². The van der Waals surface area contributed by atoms with Gasteiger partial charge in [-0.15, -0.1) is 0 Å². The van der Waals surface area contributed by atoms with Crippen molar-refractivity contribution in [1.29, 1.82) is 0 Å². The van der Waals surface area contributed by atoms with Gasteiger partial charge in [-0.05, 0) is 39.8 Å². The summed E-state index contributed by atoms with van der Waals surface area (Å²) in [5.74, 6) is 1.60. The Morgan fingerprint density at radius 2 is 2.24 bits per heavy atom. The van der Waals surface area contributed by atoms with Gasteiger partial charge in [0.25, 0.3) is 5.91 Å². The fraction of sp³-hybridized carbons (Fsp3) is 0.500. The fourth-order valence-corrected chi connectivity index (χ4v) is 3.66. The topological polar surface area (TPSA) is 109 Å². The Morgan fingerprint density at radius 3 is 2.92 bits per heavy atom. The molecule has 2 aromatic heterocycles. The van der Waals surface area contributed by atoms with Crippen LogP contribution in [0.4, 0.5) is 16.8 Å². The van der Waals surface area contributed by atoms with Crippen LogP contribution in [0.2, 0.25) is 0 Å². The third kappa shape index (κ3) is 4.64. The number of nitrogens with two attached hydrogens (primary N) is 1. The number of likely N-dealkylation sites (tertiary alicyclic amines) is 1. The normalized spacial score (nSPS) is 17.6. The maximum Gasteiger partial charge on any atom is 0.260 e. The largest absolute Gasteiger partial charge is 0.370 e. The summed E-state index contributed by atoms with van der Waals surface area (Å²) in [7, 11) is 2.18. The molecule has 4 N–H and O–H groups in total. The van der Waals surface area contributed by atoms with Crippen molar-refractivity contribution in [2.45, 2.75) is 32.2 Å². The van der Waals surface area contributed by atoms with Crippen LogP contribution in [-0.2, 0) is 0 Å². The summed E-state index contributed by atoms with van der Waals surface area (Å²) in [6.45, 7) is 3.90. The summed E-state index contributed by atoms with van der Waals surface area (Å²) in [4.78, 5) is 26.9. The van der Waals surface area contributed by atoms with Crippen LogP contribution < -0.4 is 16.4 Å². The maximum atomic E-state index is 11.2. The Labute approximate surface area is 150 Å². The minimum atomic E-state index is -0.483. The number of amides is 1. The minimum Gasteiger partial charge on any atom is -0.370 e. The SMILES string of the molecule is Cc1nc(NCCC2CCCN2C)cc(Nc2ncc(C(N)=O)s2)n1. The molecule has 3 heterocycles. The number of thiazole rings is 1. The van der Waals surface area contributed by atoms with Crippen LogP contribution >= 0.6 is 11.3 Å². The van der Waals surface area contributed by atoms with E-state index in [1.807, 2.05) is 13.0 Å². The van der Waals surface area contributed by atoms with Crippen molar-refractivity contribution in [2.24, 2.45) is 5.73 Å². The van der Waals surface area contributed by atoms with E-state index < -0.39 is 5.91 Å². The van der Waals surface area contributed by atoms with Gasteiger partial charge in [-0.25, -0.2) is 15.0 Å². The van der Waals surface area contributed by atoms with E-state index in [2.05, 4.69) is 37.5 Å². The van der Waals surface area contributed by atoms with Crippen LogP contribution in [0.15, 0.2) is 12.3 Å². The number of aromatic nitrogens is 3. The highest BCUT2D eigenvalue weighted by Gasteiger charge is 2.20. The molecule has 1 atom stereocenters. The summed E-state index contributed by atoms with van der Waals surface area (Å²) in [6.07, 6.45) is 5.10. The predicted octanol–water partition coefficient (Wildman–Crippen LogP) is 1.98. The Bertz CT molecular complexity index is 748. The average Bonchev–Trinajstić information content (AvgIpc) is 3.16. The number of hydrogen-bond donors (Lipinski definition) is 3. The summed E-state index contributed by atoms with van der Waals surface area (Å²) < 4.78 is 0. The number of anilines is 3. The van der Waals surface area contributed by atoms with Crippen LogP contribution in [0.5, 0.6) is 0 Å². The number of nitrogens with one attached hydrogen (secondary N) is 2. The van der Waals surface area contributed by atoms with Gasteiger partial charge < -0.3 is 21.3 Å². The van der Waals surface area contributed by atoms with E-state index in [-0.39, 0.29) is 0 Å². The first-order chi connectivity index (χ1) is 12.0. The predicted molar refractivity (Wildman–Crippen MR) is 99.4 cm³/mol. The molecule has 0 spiro atoms. The molecule has 25 heavy (non-hydrogen) atoms. The molecule has 2 aromatic rings. The van der Waals surface area contributed by atoms with E-state index in [0.717, 1.165) is 18.8 Å². The number of primary amides is 1. The maximum absolute atomic E-state index is 11.2. The quantitative estimate of drug-likeness (QED) is 0.692. The number of aryl methyl sites for hydroxylation is 1. The van der Waals surface area contributed by atoms with E-state index in [4.69, 9.17) is 5.73 Å². The average molecular weight is 361 g/mol. The number of carbonyl (C=O) groups excluding carboxylic acids is 1. The van der Waals surface area contributed by atoms with Crippen molar-refractivity contribution in [3.63, 3.8) is 0 Å². The van der Waals surface area contributed by atoms with Gasteiger partial charge in [-0.3, -0.25) is 4.79 Å². The lowest BCUT2D eigenvalue weighted by Crippen LogP contribution is -2.27. The zero-order chi connectivity index (χ0) is 17.8. The fourth-order valence-electron chi connectivity index (χ4n) is 2.99. The lowest BCUT2D eigenvalue weighted by molar-refractivity contribution is 0.100. The van der Waals surface area contributed by atoms with Crippen LogP contribution in [0.25, 0.3) is 0 Å². The molecule has 134 valence electrons. The van der Waals surface area contributed by atoms with Gasteiger partial charge in [0.05, 0.1) is 6.20 Å². The molecule has 0 saturated carbocycles. The molecular weight excluding hydrogens is 338 g/mol. The smallest absolute Gasteiger partial charge is 0.260 e. The molecule has 1 aliphatic rings. The molecule has 1 saturated heterocycles. The lowest BCUT2D eigenvalue weighted by atomic mass is 10.1. The van der Waals surface area contributed by atoms with Crippen molar-refractivity contribution in [3.05, 3.63) is 23.0 Å². The van der Waals surface area contributed by atoms with Crippen molar-refractivity contribution < 1.29 is 4.79 Å². The molecule has 0 bridgehead atoms. The summed E-state index contributed by atoms with van der Waals surface area (Å²) in [6, 6.07) is 2.49. The van der Waals surface area contributed by atoms with Gasteiger partial charge in [0, 0.05) is 18.7 Å². The number of hydrogen-bond acceptors (Lipinski definition) is 8. The molecule has 8 nitrogen and oxygen atoms in total. The van der Waals surface area contributed by atoms with E-state index in [9.17, 15) is 4.79 Å². The minimum absolute atomic E-state index is 0.410. The monoisotopic (exact) mass is 361 g/mol. The second kappa shape index (κ2) is 7.75. The first kappa shape index (κ1) is 17.6. The Hall–Kier alpha value is -2.26. The Balaban J connectivity index is 1.60. The molecule has 0 aliphatic carbocycles. The highest BCUT2D eigenvalue weighted by molar-refractivity contribution is 7.17. The highest BCUT2D eigenvalue weighted by Crippen LogP contribution is 2.23. The van der Waals surface area contributed by atoms with Crippen LogP contribution in [0.3, 0.4) is 0 Å². The Morgan fingerprint density at radius 1 is 1.44 bits per heavy atom. The van der Waals surface area contributed by atoms with E-state index in [1.54, 1.807) is 0 Å². The molecular formula is C16H23N7OS. The second-order valence-corrected chi connectivity index (χ2v) is 7.23. The van der Waals surface area contributed by atoms with Crippen molar-refractivity contribution in [1.82, 2.24) is 19.9 Å². The van der Waals surface area contributed by atoms with Gasteiger partial charge in [0.2, 0.25) is 0 Å². The molecule has 9 heteroatoms. The van der Waals surface area contributed by atoms with Gasteiger partial charge in [0.15, 0.2) is 5.13 Å². The van der Waals surface area contributed by atoms with Crippen molar-refractivity contribution >= 4 is 34.0 Å². The van der Waals surface area contributed by atoms with Gasteiger partial charge in [-0.1, -0.05) is 11.3 Å². The van der Waals surface area contributed by atoms with Gasteiger partial charge in [-0.2, -0.15) is 0 Å².